The van der Waals surface area contributed by atoms with Gasteiger partial charge in [-0.1, -0.05) is 48.3 Å². The Balaban J connectivity index is 1.84. The molecule has 1 aliphatic carbocycles. The van der Waals surface area contributed by atoms with Crippen molar-refractivity contribution in [1.29, 1.82) is 0 Å². The molecule has 5 nitrogen and oxygen atoms in total. The predicted octanol–water partition coefficient (Wildman–Crippen LogP) is 5.30. The molecule has 0 spiro atoms. The molecule has 164 valence electrons. The number of fused-ring (bicyclic) bond motifs is 1. The van der Waals surface area contributed by atoms with E-state index in [2.05, 4.69) is 6.07 Å². The number of aromatic nitrogens is 1. The van der Waals surface area contributed by atoms with Crippen molar-refractivity contribution < 1.29 is 18.3 Å². The first kappa shape index (κ1) is 22.5. The lowest BCUT2D eigenvalue weighted by atomic mass is 9.96. The van der Waals surface area contributed by atoms with Crippen molar-refractivity contribution in [3.63, 3.8) is 0 Å². The molecule has 4 rings (SSSR count). The number of sulfone groups is 1. The van der Waals surface area contributed by atoms with Gasteiger partial charge in [0.15, 0.2) is 9.84 Å². The van der Waals surface area contributed by atoms with Crippen molar-refractivity contribution in [2.24, 2.45) is 0 Å². The summed E-state index contributed by atoms with van der Waals surface area (Å²) >= 11 is 7.04. The van der Waals surface area contributed by atoms with Crippen molar-refractivity contribution in [2.45, 2.75) is 34.6 Å². The molecule has 0 unspecified atom stereocenters. The fraction of sp³-hybridized carbons (Fsp3) is 0.167. The van der Waals surface area contributed by atoms with E-state index in [0.717, 1.165) is 48.8 Å². The standard InChI is InChI=1S/C24H21NO4S3/c1-15-24(31-17-8-10-18(11-9-17)32(2,28)29)20-13-16(19-5-3-4-6-22(19)30)7-12-21(20)25(15)14-23(26)27/h3-5,7-13H,6,14H2,1-2H3,(H,26,27). The molecule has 0 atom stereocenters. The van der Waals surface area contributed by atoms with Crippen LogP contribution in [-0.2, 0) is 21.2 Å². The van der Waals surface area contributed by atoms with Gasteiger partial charge in [-0.2, -0.15) is 0 Å². The molecule has 1 aromatic heterocycles. The van der Waals surface area contributed by atoms with Crippen LogP contribution in [0.25, 0.3) is 16.5 Å². The fourth-order valence-corrected chi connectivity index (χ4v) is 5.71. The molecule has 0 bridgehead atoms. The zero-order chi connectivity index (χ0) is 23.0. The number of aliphatic carboxylic acids is 1. The highest BCUT2D eigenvalue weighted by molar-refractivity contribution is 7.99. The van der Waals surface area contributed by atoms with E-state index in [1.54, 1.807) is 28.8 Å². The highest BCUT2D eigenvalue weighted by Crippen LogP contribution is 2.40. The maximum Gasteiger partial charge on any atom is 0.323 e. The van der Waals surface area contributed by atoms with Gasteiger partial charge in [0.05, 0.1) is 4.90 Å². The van der Waals surface area contributed by atoms with E-state index in [1.807, 2.05) is 37.3 Å². The summed E-state index contributed by atoms with van der Waals surface area (Å²) in [6, 6.07) is 12.7. The second kappa shape index (κ2) is 8.69. The van der Waals surface area contributed by atoms with E-state index in [0.29, 0.717) is 0 Å². The van der Waals surface area contributed by atoms with E-state index in [1.165, 1.54) is 18.0 Å². The van der Waals surface area contributed by atoms with Crippen LogP contribution in [0.4, 0.5) is 0 Å². The lowest BCUT2D eigenvalue weighted by molar-refractivity contribution is -0.137. The fourth-order valence-electron chi connectivity index (χ4n) is 3.76. The van der Waals surface area contributed by atoms with Gasteiger partial charge in [-0.15, -0.1) is 0 Å². The maximum absolute atomic E-state index is 11.8. The molecule has 0 saturated heterocycles. The molecule has 0 aliphatic heterocycles. The van der Waals surface area contributed by atoms with Crippen LogP contribution in [-0.4, -0.2) is 35.2 Å². The monoisotopic (exact) mass is 483 g/mol. The Morgan fingerprint density at radius 1 is 1.19 bits per heavy atom. The number of nitrogens with zero attached hydrogens (tertiary/aromatic N) is 1. The number of rotatable bonds is 6. The summed E-state index contributed by atoms with van der Waals surface area (Å²) in [7, 11) is -3.27. The van der Waals surface area contributed by atoms with Gasteiger partial charge < -0.3 is 9.67 Å². The van der Waals surface area contributed by atoms with E-state index < -0.39 is 15.8 Å². The topological polar surface area (TPSA) is 76.4 Å². The summed E-state index contributed by atoms with van der Waals surface area (Å²) in [5.41, 5.74) is 3.67. The molecule has 3 aromatic rings. The Morgan fingerprint density at radius 2 is 1.91 bits per heavy atom. The smallest absolute Gasteiger partial charge is 0.323 e. The van der Waals surface area contributed by atoms with Crippen molar-refractivity contribution in [3.05, 3.63) is 72.0 Å². The lowest BCUT2D eigenvalue weighted by Crippen LogP contribution is -2.09. The summed E-state index contributed by atoms with van der Waals surface area (Å²) in [6.07, 6.45) is 7.94. The van der Waals surface area contributed by atoms with Gasteiger partial charge in [0, 0.05) is 43.9 Å². The number of hydrogen-bond acceptors (Lipinski definition) is 5. The molecule has 1 heterocycles. The van der Waals surface area contributed by atoms with E-state index in [-0.39, 0.29) is 11.4 Å². The number of benzene rings is 2. The molecule has 2 aromatic carbocycles. The Bertz CT molecular complexity index is 1410. The van der Waals surface area contributed by atoms with Crippen LogP contribution in [0.1, 0.15) is 17.7 Å². The number of carboxylic acid groups (broad SMARTS) is 1. The normalized spacial score (nSPS) is 14.1. The highest BCUT2D eigenvalue weighted by atomic mass is 32.2. The Hall–Kier alpha value is -2.68. The van der Waals surface area contributed by atoms with Gasteiger partial charge in [0.1, 0.15) is 6.54 Å². The van der Waals surface area contributed by atoms with Crippen LogP contribution in [0.2, 0.25) is 0 Å². The van der Waals surface area contributed by atoms with Gasteiger partial charge in [-0.25, -0.2) is 8.42 Å². The third-order valence-electron chi connectivity index (χ3n) is 5.34. The average molecular weight is 484 g/mol. The van der Waals surface area contributed by atoms with Crippen LogP contribution in [0, 0.1) is 6.92 Å². The largest absolute Gasteiger partial charge is 0.480 e. The maximum atomic E-state index is 11.8. The molecule has 0 fully saturated rings. The van der Waals surface area contributed by atoms with Gasteiger partial charge in [-0.3, -0.25) is 4.79 Å². The number of carboxylic acids is 1. The van der Waals surface area contributed by atoms with Gasteiger partial charge in [-0.05, 0) is 54.5 Å². The predicted molar refractivity (Wildman–Crippen MR) is 132 cm³/mol. The molecule has 0 saturated carbocycles. The van der Waals surface area contributed by atoms with Gasteiger partial charge in [0.25, 0.3) is 0 Å². The third kappa shape index (κ3) is 4.44. The molecule has 0 radical (unpaired) electrons. The van der Waals surface area contributed by atoms with Crippen molar-refractivity contribution >= 4 is 61.1 Å². The average Bonchev–Trinajstić information content (AvgIpc) is 2.99. The van der Waals surface area contributed by atoms with Gasteiger partial charge >= 0.3 is 5.97 Å². The quantitative estimate of drug-likeness (QED) is 0.480. The zero-order valence-corrected chi connectivity index (χ0v) is 20.0. The third-order valence-corrected chi connectivity index (χ3v) is 8.09. The first-order valence-corrected chi connectivity index (χ1v) is 13.0. The second-order valence-electron chi connectivity index (χ2n) is 7.61. The molecule has 8 heteroatoms. The summed E-state index contributed by atoms with van der Waals surface area (Å²) in [4.78, 5) is 14.4. The van der Waals surface area contributed by atoms with Crippen molar-refractivity contribution in [3.8, 4) is 0 Å². The Labute approximate surface area is 196 Å². The lowest BCUT2D eigenvalue weighted by Gasteiger charge is -2.12. The molecular formula is C24H21NO4S3. The van der Waals surface area contributed by atoms with E-state index in [9.17, 15) is 18.3 Å². The summed E-state index contributed by atoms with van der Waals surface area (Å²) < 4.78 is 25.3. The van der Waals surface area contributed by atoms with Crippen molar-refractivity contribution in [2.75, 3.05) is 6.26 Å². The second-order valence-corrected chi connectivity index (χ2v) is 11.2. The summed E-state index contributed by atoms with van der Waals surface area (Å²) in [6.45, 7) is 1.77. The first-order chi connectivity index (χ1) is 15.1. The molecule has 1 N–H and O–H groups in total. The van der Waals surface area contributed by atoms with Crippen LogP contribution < -0.4 is 0 Å². The first-order valence-electron chi connectivity index (χ1n) is 9.88. The summed E-state index contributed by atoms with van der Waals surface area (Å²) in [5.74, 6) is -0.913. The van der Waals surface area contributed by atoms with Crippen LogP contribution in [0.3, 0.4) is 0 Å². The number of thiocarbonyl (C=S) groups is 1. The summed E-state index contributed by atoms with van der Waals surface area (Å²) in [5, 5.41) is 10.4. The minimum Gasteiger partial charge on any atom is -0.480 e. The SMILES string of the molecule is Cc1c(Sc2ccc(S(C)(=O)=O)cc2)c2cc(C3=CC=CCC3=S)ccc2n1CC(=O)O. The van der Waals surface area contributed by atoms with Crippen molar-refractivity contribution in [1.82, 2.24) is 4.57 Å². The van der Waals surface area contributed by atoms with Crippen LogP contribution in [0.15, 0.2) is 75.4 Å². The Kier molecular flexibility index (Phi) is 6.11. The molecule has 1 aliphatic rings. The minimum absolute atomic E-state index is 0.140. The number of allylic oxidation sites excluding steroid dienone is 4. The van der Waals surface area contributed by atoms with E-state index in [4.69, 9.17) is 12.2 Å². The zero-order valence-electron chi connectivity index (χ0n) is 17.5. The number of carbonyl (C=O) groups is 1. The van der Waals surface area contributed by atoms with E-state index >= 15 is 0 Å². The molecular weight excluding hydrogens is 462 g/mol. The van der Waals surface area contributed by atoms with Gasteiger partial charge in [0.2, 0.25) is 0 Å². The Morgan fingerprint density at radius 3 is 2.53 bits per heavy atom. The van der Waals surface area contributed by atoms with Crippen LogP contribution >= 0.6 is 24.0 Å². The molecule has 0 amide bonds. The number of hydrogen-bond donors (Lipinski definition) is 1. The van der Waals surface area contributed by atoms with Crippen LogP contribution in [0.5, 0.6) is 0 Å². The molecule has 32 heavy (non-hydrogen) atoms. The highest BCUT2D eigenvalue weighted by Gasteiger charge is 2.19. The minimum atomic E-state index is -3.27.